The van der Waals surface area contributed by atoms with Crippen LogP contribution in [0.25, 0.3) is 0 Å². The monoisotopic (exact) mass is 340 g/mol. The van der Waals surface area contributed by atoms with Crippen molar-refractivity contribution in [2.75, 3.05) is 31.8 Å². The van der Waals surface area contributed by atoms with Crippen LogP contribution in [-0.4, -0.2) is 31.9 Å². The first-order chi connectivity index (χ1) is 12.3. The van der Waals surface area contributed by atoms with Gasteiger partial charge in [0, 0.05) is 24.8 Å². The Morgan fingerprint density at radius 2 is 1.92 bits per heavy atom. The first-order valence-corrected chi connectivity index (χ1v) is 9.18. The van der Waals surface area contributed by atoms with E-state index in [1.54, 1.807) is 0 Å². The second kappa shape index (κ2) is 7.31. The van der Waals surface area contributed by atoms with Crippen molar-refractivity contribution in [3.05, 3.63) is 47.7 Å². The van der Waals surface area contributed by atoms with E-state index in [9.17, 15) is 0 Å². The highest BCUT2D eigenvalue weighted by Crippen LogP contribution is 2.34. The molecule has 0 bridgehead atoms. The summed E-state index contributed by atoms with van der Waals surface area (Å²) in [7, 11) is 2.20. The van der Waals surface area contributed by atoms with Crippen molar-refractivity contribution in [1.82, 2.24) is 4.98 Å². The molecule has 1 saturated heterocycles. The fraction of sp³-hybridized carbons (Fsp3) is 0.450. The van der Waals surface area contributed by atoms with Crippen LogP contribution in [0.4, 0.5) is 5.82 Å². The Morgan fingerprint density at radius 1 is 1.04 bits per heavy atom. The molecule has 4 rings (SSSR count). The summed E-state index contributed by atoms with van der Waals surface area (Å²) in [5.41, 5.74) is 2.47. The number of rotatable bonds is 5. The number of hydrogen-bond acceptors (Lipinski definition) is 4. The number of quaternary nitrogens is 1. The molecule has 5 heteroatoms. The summed E-state index contributed by atoms with van der Waals surface area (Å²) in [5.74, 6) is 2.88. The van der Waals surface area contributed by atoms with Crippen LogP contribution in [0.3, 0.4) is 0 Å². The Bertz CT molecular complexity index is 711. The van der Waals surface area contributed by atoms with Crippen molar-refractivity contribution in [2.24, 2.45) is 0 Å². The van der Waals surface area contributed by atoms with Gasteiger partial charge >= 0.3 is 0 Å². The summed E-state index contributed by atoms with van der Waals surface area (Å²) in [4.78, 5) is 8.48. The van der Waals surface area contributed by atoms with Gasteiger partial charge in [0.2, 0.25) is 6.79 Å². The summed E-state index contributed by atoms with van der Waals surface area (Å²) in [6, 6.07) is 10.5. The molecule has 1 N–H and O–H groups in total. The SMILES string of the molecule is C[NH+](Cc1ccc(N2CCCCC2)nc1)Cc1cccc2c1OCO2. The average molecular weight is 340 g/mol. The molecule has 1 aromatic carbocycles. The highest BCUT2D eigenvalue weighted by Gasteiger charge is 2.19. The predicted octanol–water partition coefficient (Wildman–Crippen LogP) is 2.02. The number of aromatic nitrogens is 1. The number of ether oxygens (including phenoxy) is 2. The van der Waals surface area contributed by atoms with Crippen molar-refractivity contribution < 1.29 is 14.4 Å². The lowest BCUT2D eigenvalue weighted by Crippen LogP contribution is -3.06. The van der Waals surface area contributed by atoms with Crippen LogP contribution in [0.5, 0.6) is 11.5 Å². The minimum Gasteiger partial charge on any atom is -0.454 e. The summed E-state index contributed by atoms with van der Waals surface area (Å²) < 4.78 is 11.1. The number of nitrogens with one attached hydrogen (secondary N) is 1. The van der Waals surface area contributed by atoms with E-state index < -0.39 is 0 Å². The first kappa shape index (κ1) is 16.2. The lowest BCUT2D eigenvalue weighted by atomic mass is 10.1. The number of anilines is 1. The number of pyridine rings is 1. The molecule has 3 heterocycles. The smallest absolute Gasteiger partial charge is 0.231 e. The van der Waals surface area contributed by atoms with Crippen molar-refractivity contribution >= 4 is 5.82 Å². The molecule has 25 heavy (non-hydrogen) atoms. The lowest BCUT2D eigenvalue weighted by Gasteiger charge is -2.27. The zero-order valence-corrected chi connectivity index (χ0v) is 14.8. The van der Waals surface area contributed by atoms with E-state index >= 15 is 0 Å². The predicted molar refractivity (Wildman–Crippen MR) is 97.2 cm³/mol. The molecule has 0 amide bonds. The van der Waals surface area contributed by atoms with Gasteiger partial charge in [0.05, 0.1) is 12.6 Å². The van der Waals surface area contributed by atoms with Crippen LogP contribution in [0, 0.1) is 0 Å². The molecule has 2 aromatic rings. The quantitative estimate of drug-likeness (QED) is 0.904. The number of nitrogens with zero attached hydrogens (tertiary/aromatic N) is 2. The Morgan fingerprint density at radius 3 is 2.72 bits per heavy atom. The summed E-state index contributed by atoms with van der Waals surface area (Å²) in [5, 5.41) is 0. The Labute approximate surface area is 149 Å². The molecule has 2 aliphatic heterocycles. The van der Waals surface area contributed by atoms with E-state index in [1.165, 1.54) is 35.3 Å². The standard InChI is InChI=1S/C20H25N3O2/c1-22(14-17-6-5-7-18-20(17)25-15-24-18)13-16-8-9-19(21-12-16)23-10-3-2-4-11-23/h5-9,12H,2-4,10-11,13-15H2,1H3/p+1. The van der Waals surface area contributed by atoms with Crippen LogP contribution in [0.15, 0.2) is 36.5 Å². The molecule has 1 atom stereocenters. The fourth-order valence-corrected chi connectivity index (χ4v) is 3.70. The maximum atomic E-state index is 5.61. The molecule has 0 aliphatic carbocycles. The van der Waals surface area contributed by atoms with E-state index in [-0.39, 0.29) is 0 Å². The third-order valence-corrected chi connectivity index (χ3v) is 4.97. The van der Waals surface area contributed by atoms with Gasteiger partial charge in [-0.05, 0) is 43.5 Å². The Kier molecular flexibility index (Phi) is 4.74. The normalized spacial score (nSPS) is 17.6. The number of hydrogen-bond donors (Lipinski definition) is 1. The number of para-hydroxylation sites is 1. The van der Waals surface area contributed by atoms with Crippen LogP contribution in [0.1, 0.15) is 30.4 Å². The third kappa shape index (κ3) is 3.71. The highest BCUT2D eigenvalue weighted by molar-refractivity contribution is 5.47. The van der Waals surface area contributed by atoms with Crippen LogP contribution < -0.4 is 19.3 Å². The largest absolute Gasteiger partial charge is 0.454 e. The van der Waals surface area contributed by atoms with E-state index in [0.717, 1.165) is 43.5 Å². The van der Waals surface area contributed by atoms with Gasteiger partial charge < -0.3 is 19.3 Å². The van der Waals surface area contributed by atoms with Gasteiger partial charge in [-0.15, -0.1) is 0 Å². The topological polar surface area (TPSA) is 39.0 Å². The Hall–Kier alpha value is -2.27. The molecular weight excluding hydrogens is 314 g/mol. The van der Waals surface area contributed by atoms with E-state index in [2.05, 4.69) is 35.1 Å². The van der Waals surface area contributed by atoms with Crippen molar-refractivity contribution in [2.45, 2.75) is 32.4 Å². The summed E-state index contributed by atoms with van der Waals surface area (Å²) >= 11 is 0. The molecule has 1 unspecified atom stereocenters. The van der Waals surface area contributed by atoms with Crippen molar-refractivity contribution in [1.29, 1.82) is 0 Å². The third-order valence-electron chi connectivity index (χ3n) is 4.97. The molecule has 0 spiro atoms. The molecule has 5 nitrogen and oxygen atoms in total. The second-order valence-electron chi connectivity index (χ2n) is 7.03. The molecule has 1 fully saturated rings. The van der Waals surface area contributed by atoms with Crippen LogP contribution >= 0.6 is 0 Å². The van der Waals surface area contributed by atoms with E-state index in [4.69, 9.17) is 9.47 Å². The molecule has 2 aliphatic rings. The second-order valence-corrected chi connectivity index (χ2v) is 7.03. The zero-order chi connectivity index (χ0) is 17.1. The first-order valence-electron chi connectivity index (χ1n) is 9.18. The lowest BCUT2D eigenvalue weighted by molar-refractivity contribution is -0.907. The zero-order valence-electron chi connectivity index (χ0n) is 14.8. The van der Waals surface area contributed by atoms with Crippen molar-refractivity contribution in [3.63, 3.8) is 0 Å². The molecule has 132 valence electrons. The summed E-state index contributed by atoms with van der Waals surface area (Å²) in [6.07, 6.45) is 5.94. The van der Waals surface area contributed by atoms with E-state index in [0.29, 0.717) is 6.79 Å². The van der Waals surface area contributed by atoms with Crippen molar-refractivity contribution in [3.8, 4) is 11.5 Å². The molecular formula is C20H26N3O2+. The van der Waals surface area contributed by atoms with Gasteiger partial charge in [0.15, 0.2) is 11.5 Å². The minimum atomic E-state index is 0.327. The Balaban J connectivity index is 1.38. The van der Waals surface area contributed by atoms with Gasteiger partial charge in [-0.2, -0.15) is 0 Å². The summed E-state index contributed by atoms with van der Waals surface area (Å²) in [6.45, 7) is 4.45. The number of fused-ring (bicyclic) bond motifs is 1. The van der Waals surface area contributed by atoms with Crippen LogP contribution in [-0.2, 0) is 13.1 Å². The van der Waals surface area contributed by atoms with Gasteiger partial charge in [0.1, 0.15) is 18.9 Å². The maximum absolute atomic E-state index is 5.61. The molecule has 1 aromatic heterocycles. The molecule has 0 saturated carbocycles. The number of piperidine rings is 1. The molecule has 0 radical (unpaired) electrons. The number of benzene rings is 1. The fourth-order valence-electron chi connectivity index (χ4n) is 3.70. The van der Waals surface area contributed by atoms with Gasteiger partial charge in [-0.1, -0.05) is 6.07 Å². The maximum Gasteiger partial charge on any atom is 0.231 e. The highest BCUT2D eigenvalue weighted by atomic mass is 16.7. The minimum absolute atomic E-state index is 0.327. The van der Waals surface area contributed by atoms with Gasteiger partial charge in [-0.25, -0.2) is 4.98 Å². The van der Waals surface area contributed by atoms with Gasteiger partial charge in [-0.3, -0.25) is 0 Å². The average Bonchev–Trinajstić information content (AvgIpc) is 3.13. The van der Waals surface area contributed by atoms with E-state index in [1.807, 2.05) is 18.3 Å². The van der Waals surface area contributed by atoms with Gasteiger partial charge in [0.25, 0.3) is 0 Å². The van der Waals surface area contributed by atoms with Crippen LogP contribution in [0.2, 0.25) is 0 Å².